The summed E-state index contributed by atoms with van der Waals surface area (Å²) in [4.78, 5) is 26.3. The van der Waals surface area contributed by atoms with E-state index >= 15 is 0 Å². The second-order valence-electron chi connectivity index (χ2n) is 20.1. The van der Waals surface area contributed by atoms with Gasteiger partial charge in [0.15, 0.2) is 0 Å². The lowest BCUT2D eigenvalue weighted by atomic mass is 10.0. The van der Waals surface area contributed by atoms with Crippen LogP contribution in [0.15, 0.2) is 48.6 Å². The maximum Gasteiger partial charge on any atom is 0.306 e. The molecule has 0 saturated heterocycles. The van der Waals surface area contributed by atoms with Crippen LogP contribution in [0.4, 0.5) is 0 Å². The summed E-state index contributed by atoms with van der Waals surface area (Å²) in [6.07, 6.45) is 67.5. The van der Waals surface area contributed by atoms with Crippen LogP contribution < -0.4 is 5.32 Å². The van der Waals surface area contributed by atoms with Gasteiger partial charge in [0.05, 0.1) is 25.2 Å². The minimum Gasteiger partial charge on any atom is -0.462 e. The van der Waals surface area contributed by atoms with Gasteiger partial charge in [-0.3, -0.25) is 9.59 Å². The van der Waals surface area contributed by atoms with Gasteiger partial charge < -0.3 is 20.3 Å². The summed E-state index contributed by atoms with van der Waals surface area (Å²) < 4.78 is 5.95. The first kappa shape index (κ1) is 64.8. The Bertz CT molecular complexity index is 1150. The number of esters is 1. The van der Waals surface area contributed by atoms with E-state index < -0.39 is 18.2 Å². The Morgan fingerprint density at radius 2 is 0.821 bits per heavy atom. The SMILES string of the molecule is CC/C=C/C=C/C=C/CCCCCCCC(CC(=O)NC(CO)C(O)CCCCCCCCCCCCCCCCCCC)OC(=O)CCCCCCC/C=C/CCCCCCCCCCC. The number of hydrogen-bond donors (Lipinski definition) is 3. The first-order valence-corrected chi connectivity index (χ1v) is 29.4. The summed E-state index contributed by atoms with van der Waals surface area (Å²) in [6.45, 7) is 6.38. The number of carbonyl (C=O) groups excluding carboxylic acids is 2. The molecular formula is C61H113NO5. The standard InChI is InChI=1S/C61H113NO5/c1-4-7-10-13-16-19-22-25-27-29-31-33-36-39-42-45-48-51-54-61(66)67-57(52-49-46-43-40-37-34-24-21-18-15-12-9-6-3)55-60(65)62-58(56-63)59(64)53-50-47-44-41-38-35-32-30-28-26-23-20-17-14-11-8-5-2/h9,12,15,18,21,24,31,33,57-59,63-64H,4-8,10-11,13-14,16-17,19-20,22-23,25-30,32,34-56H2,1-3H3,(H,62,65)/b12-9+,18-15+,24-21+,33-31+. The third kappa shape index (κ3) is 50.0. The van der Waals surface area contributed by atoms with Gasteiger partial charge in [-0.2, -0.15) is 0 Å². The number of aliphatic hydroxyl groups is 2. The number of rotatable bonds is 53. The van der Waals surface area contributed by atoms with Crippen molar-refractivity contribution in [1.82, 2.24) is 5.32 Å². The van der Waals surface area contributed by atoms with Crippen molar-refractivity contribution >= 4 is 11.9 Å². The van der Waals surface area contributed by atoms with Crippen molar-refractivity contribution in [3.8, 4) is 0 Å². The van der Waals surface area contributed by atoms with Crippen molar-refractivity contribution in [2.24, 2.45) is 0 Å². The predicted octanol–water partition coefficient (Wildman–Crippen LogP) is 18.2. The van der Waals surface area contributed by atoms with Gasteiger partial charge in [0.2, 0.25) is 5.91 Å². The molecule has 6 nitrogen and oxygen atoms in total. The molecule has 6 heteroatoms. The van der Waals surface area contributed by atoms with Crippen LogP contribution in [0.5, 0.6) is 0 Å². The molecule has 0 spiro atoms. The average molecular weight is 941 g/mol. The summed E-state index contributed by atoms with van der Waals surface area (Å²) >= 11 is 0. The third-order valence-corrected chi connectivity index (χ3v) is 13.5. The lowest BCUT2D eigenvalue weighted by Crippen LogP contribution is -2.46. The van der Waals surface area contributed by atoms with Crippen molar-refractivity contribution in [1.29, 1.82) is 0 Å². The number of nitrogens with one attached hydrogen (secondary N) is 1. The fourth-order valence-electron chi connectivity index (χ4n) is 9.02. The topological polar surface area (TPSA) is 95.9 Å². The fraction of sp³-hybridized carbons (Fsp3) is 0.836. The smallest absolute Gasteiger partial charge is 0.306 e. The number of hydrogen-bond acceptors (Lipinski definition) is 5. The Labute approximate surface area is 416 Å². The number of allylic oxidation sites excluding steroid dienone is 8. The Morgan fingerprint density at radius 1 is 0.448 bits per heavy atom. The zero-order valence-corrected chi connectivity index (χ0v) is 44.8. The first-order chi connectivity index (χ1) is 33.0. The fourth-order valence-corrected chi connectivity index (χ4v) is 9.02. The molecule has 392 valence electrons. The van der Waals surface area contributed by atoms with E-state index in [2.05, 4.69) is 74.7 Å². The molecule has 0 rings (SSSR count). The summed E-state index contributed by atoms with van der Waals surface area (Å²) in [5, 5.41) is 23.9. The molecule has 3 unspecified atom stereocenters. The molecule has 0 radical (unpaired) electrons. The number of amides is 1. The largest absolute Gasteiger partial charge is 0.462 e. The average Bonchev–Trinajstić information content (AvgIpc) is 3.32. The Kier molecular flexibility index (Phi) is 53.0. The first-order valence-electron chi connectivity index (χ1n) is 29.4. The van der Waals surface area contributed by atoms with Gasteiger partial charge in [-0.25, -0.2) is 0 Å². The van der Waals surface area contributed by atoms with Gasteiger partial charge in [0.1, 0.15) is 6.10 Å². The van der Waals surface area contributed by atoms with E-state index in [1.165, 1.54) is 167 Å². The molecular weight excluding hydrogens is 827 g/mol. The Morgan fingerprint density at radius 3 is 1.25 bits per heavy atom. The maximum atomic E-state index is 13.3. The second kappa shape index (κ2) is 54.8. The molecule has 0 heterocycles. The molecule has 67 heavy (non-hydrogen) atoms. The monoisotopic (exact) mass is 940 g/mol. The molecule has 0 aliphatic rings. The number of carbonyl (C=O) groups is 2. The van der Waals surface area contributed by atoms with E-state index in [0.717, 1.165) is 89.9 Å². The van der Waals surface area contributed by atoms with E-state index in [-0.39, 0.29) is 24.9 Å². The highest BCUT2D eigenvalue weighted by atomic mass is 16.5. The van der Waals surface area contributed by atoms with E-state index in [1.807, 2.05) is 0 Å². The highest BCUT2D eigenvalue weighted by Crippen LogP contribution is 2.18. The van der Waals surface area contributed by atoms with Gasteiger partial charge >= 0.3 is 5.97 Å². The van der Waals surface area contributed by atoms with Gasteiger partial charge in [-0.1, -0.05) is 268 Å². The van der Waals surface area contributed by atoms with Crippen LogP contribution in [0.25, 0.3) is 0 Å². The second-order valence-corrected chi connectivity index (χ2v) is 20.1. The van der Waals surface area contributed by atoms with E-state index in [0.29, 0.717) is 19.3 Å². The summed E-state index contributed by atoms with van der Waals surface area (Å²) in [6, 6.07) is -0.711. The third-order valence-electron chi connectivity index (χ3n) is 13.5. The van der Waals surface area contributed by atoms with Crippen LogP contribution in [0.2, 0.25) is 0 Å². The molecule has 0 aliphatic heterocycles. The van der Waals surface area contributed by atoms with Crippen LogP contribution in [0.1, 0.15) is 303 Å². The van der Waals surface area contributed by atoms with E-state index in [1.54, 1.807) is 0 Å². The van der Waals surface area contributed by atoms with Crippen LogP contribution in [-0.4, -0.2) is 46.9 Å². The molecule has 1 amide bonds. The Hall–Kier alpha value is -2.18. The van der Waals surface area contributed by atoms with Gasteiger partial charge in [-0.15, -0.1) is 0 Å². The molecule has 3 atom stereocenters. The van der Waals surface area contributed by atoms with Crippen molar-refractivity contribution in [2.45, 2.75) is 322 Å². The molecule has 0 fully saturated rings. The van der Waals surface area contributed by atoms with Gasteiger partial charge in [0, 0.05) is 6.42 Å². The molecule has 0 bridgehead atoms. The summed E-state index contributed by atoms with van der Waals surface area (Å²) in [5.74, 6) is -0.493. The maximum absolute atomic E-state index is 13.3. The van der Waals surface area contributed by atoms with E-state index in [4.69, 9.17) is 4.74 Å². The quantitative estimate of drug-likeness (QED) is 0.0244. The van der Waals surface area contributed by atoms with Gasteiger partial charge in [-0.05, 0) is 70.6 Å². The Balaban J connectivity index is 4.51. The number of unbranched alkanes of at least 4 members (excludes halogenated alkanes) is 35. The van der Waals surface area contributed by atoms with Crippen LogP contribution in [0, 0.1) is 0 Å². The predicted molar refractivity (Wildman–Crippen MR) is 292 cm³/mol. The lowest BCUT2D eigenvalue weighted by molar-refractivity contribution is -0.151. The van der Waals surface area contributed by atoms with Gasteiger partial charge in [0.25, 0.3) is 0 Å². The van der Waals surface area contributed by atoms with Crippen molar-refractivity contribution in [2.75, 3.05) is 6.61 Å². The number of aliphatic hydroxyl groups excluding tert-OH is 2. The van der Waals surface area contributed by atoms with E-state index in [9.17, 15) is 19.8 Å². The minimum absolute atomic E-state index is 0.0620. The zero-order chi connectivity index (χ0) is 48.8. The normalized spacial score (nSPS) is 13.4. The van der Waals surface area contributed by atoms with Crippen molar-refractivity contribution < 1.29 is 24.5 Å². The molecule has 0 aromatic carbocycles. The lowest BCUT2D eigenvalue weighted by Gasteiger charge is -2.24. The molecule has 0 aromatic rings. The highest BCUT2D eigenvalue weighted by Gasteiger charge is 2.24. The van der Waals surface area contributed by atoms with Crippen LogP contribution in [-0.2, 0) is 14.3 Å². The summed E-state index contributed by atoms with van der Waals surface area (Å²) in [7, 11) is 0. The molecule has 3 N–H and O–H groups in total. The highest BCUT2D eigenvalue weighted by molar-refractivity contribution is 5.77. The van der Waals surface area contributed by atoms with Crippen LogP contribution in [0.3, 0.4) is 0 Å². The zero-order valence-electron chi connectivity index (χ0n) is 44.8. The van der Waals surface area contributed by atoms with Crippen molar-refractivity contribution in [3.63, 3.8) is 0 Å². The van der Waals surface area contributed by atoms with Crippen LogP contribution >= 0.6 is 0 Å². The molecule has 0 aromatic heterocycles. The minimum atomic E-state index is -0.796. The molecule has 0 aliphatic carbocycles. The van der Waals surface area contributed by atoms with Crippen molar-refractivity contribution in [3.05, 3.63) is 48.6 Å². The summed E-state index contributed by atoms with van der Waals surface area (Å²) in [5.41, 5.74) is 0. The number of ether oxygens (including phenoxy) is 1. The molecule has 0 saturated carbocycles.